The van der Waals surface area contributed by atoms with Gasteiger partial charge in [-0.3, -0.25) is 4.79 Å². The topological polar surface area (TPSA) is 32.3 Å². The third-order valence-corrected chi connectivity index (χ3v) is 4.74. The summed E-state index contributed by atoms with van der Waals surface area (Å²) in [5.41, 5.74) is 0.415. The lowest BCUT2D eigenvalue weighted by molar-refractivity contribution is 0.0784. The van der Waals surface area contributed by atoms with Crippen molar-refractivity contribution in [3.05, 3.63) is 34.1 Å². The van der Waals surface area contributed by atoms with Crippen LogP contribution < -0.4 is 5.32 Å². The van der Waals surface area contributed by atoms with Gasteiger partial charge in [0.25, 0.3) is 5.91 Å². The van der Waals surface area contributed by atoms with Crippen molar-refractivity contribution in [2.75, 3.05) is 19.6 Å². The van der Waals surface area contributed by atoms with Gasteiger partial charge in [-0.05, 0) is 59.4 Å². The Bertz CT molecular complexity index is 494. The molecule has 3 nitrogen and oxygen atoms in total. The Morgan fingerprint density at radius 2 is 2.26 bits per heavy atom. The first-order valence-corrected chi connectivity index (χ1v) is 7.42. The molecule has 2 atom stereocenters. The van der Waals surface area contributed by atoms with Crippen molar-refractivity contribution in [2.24, 2.45) is 5.92 Å². The van der Waals surface area contributed by atoms with Gasteiger partial charge in [-0.15, -0.1) is 0 Å². The van der Waals surface area contributed by atoms with E-state index in [1.165, 1.54) is 25.0 Å². The van der Waals surface area contributed by atoms with Crippen LogP contribution >= 0.6 is 15.9 Å². The Kier molecular flexibility index (Phi) is 3.58. The highest BCUT2D eigenvalue weighted by molar-refractivity contribution is 9.10. The van der Waals surface area contributed by atoms with Crippen LogP contribution in [0, 0.1) is 11.7 Å². The van der Waals surface area contributed by atoms with Crippen LogP contribution in [0.5, 0.6) is 0 Å². The van der Waals surface area contributed by atoms with Gasteiger partial charge >= 0.3 is 0 Å². The number of halogens is 2. The maximum Gasteiger partial charge on any atom is 0.255 e. The first-order valence-electron chi connectivity index (χ1n) is 6.63. The number of carbonyl (C=O) groups excluding carboxylic acids is 1. The molecule has 0 unspecified atom stereocenters. The van der Waals surface area contributed by atoms with E-state index in [1.807, 2.05) is 4.90 Å². The van der Waals surface area contributed by atoms with E-state index in [1.54, 1.807) is 6.07 Å². The minimum Gasteiger partial charge on any atom is -0.337 e. The molecule has 2 fully saturated rings. The van der Waals surface area contributed by atoms with Crippen molar-refractivity contribution in [2.45, 2.75) is 18.9 Å². The van der Waals surface area contributed by atoms with Gasteiger partial charge < -0.3 is 10.2 Å². The molecular formula is C14H16BrFN2O. The van der Waals surface area contributed by atoms with Crippen LogP contribution in [0.25, 0.3) is 0 Å². The number of carbonyl (C=O) groups is 1. The third kappa shape index (κ3) is 2.54. The second kappa shape index (κ2) is 5.21. The van der Waals surface area contributed by atoms with E-state index < -0.39 is 0 Å². The van der Waals surface area contributed by atoms with Gasteiger partial charge in [-0.2, -0.15) is 0 Å². The zero-order valence-corrected chi connectivity index (χ0v) is 12.1. The normalized spacial score (nSPS) is 26.3. The summed E-state index contributed by atoms with van der Waals surface area (Å²) in [5.74, 6) is 0.0916. The van der Waals surface area contributed by atoms with Gasteiger partial charge in [-0.1, -0.05) is 0 Å². The number of rotatable bonds is 1. The first kappa shape index (κ1) is 13.1. The summed E-state index contributed by atoms with van der Waals surface area (Å²) in [4.78, 5) is 14.3. The Balaban J connectivity index is 1.79. The predicted molar refractivity (Wildman–Crippen MR) is 74.5 cm³/mol. The zero-order chi connectivity index (χ0) is 13.4. The van der Waals surface area contributed by atoms with E-state index in [2.05, 4.69) is 21.2 Å². The van der Waals surface area contributed by atoms with Crippen molar-refractivity contribution in [1.29, 1.82) is 0 Å². The predicted octanol–water partition coefficient (Wildman–Crippen LogP) is 2.41. The van der Waals surface area contributed by atoms with E-state index in [0.29, 0.717) is 22.0 Å². The van der Waals surface area contributed by atoms with Crippen molar-refractivity contribution >= 4 is 21.8 Å². The molecule has 0 bridgehead atoms. The molecule has 1 amide bonds. The van der Waals surface area contributed by atoms with Crippen LogP contribution in [0.15, 0.2) is 22.7 Å². The zero-order valence-electron chi connectivity index (χ0n) is 10.5. The lowest BCUT2D eigenvalue weighted by atomic mass is 9.94. The minimum atomic E-state index is -0.374. The summed E-state index contributed by atoms with van der Waals surface area (Å²) >= 11 is 3.33. The molecule has 0 saturated carbocycles. The second-order valence-corrected chi connectivity index (χ2v) is 6.15. The molecular weight excluding hydrogens is 311 g/mol. The summed E-state index contributed by atoms with van der Waals surface area (Å²) in [6.07, 6.45) is 2.35. The van der Waals surface area contributed by atoms with E-state index >= 15 is 0 Å². The van der Waals surface area contributed by atoms with Crippen LogP contribution in [0.1, 0.15) is 23.2 Å². The fraction of sp³-hybridized carbons (Fsp3) is 0.500. The van der Waals surface area contributed by atoms with Crippen molar-refractivity contribution in [3.8, 4) is 0 Å². The largest absolute Gasteiger partial charge is 0.337 e. The fourth-order valence-corrected chi connectivity index (χ4v) is 3.46. The SMILES string of the molecule is O=C(c1cc(F)ccc1Br)N1C[C@@H]2CCCN[C@@H]2C1. The Morgan fingerprint density at radius 1 is 1.42 bits per heavy atom. The summed E-state index contributed by atoms with van der Waals surface area (Å²) in [6, 6.07) is 4.66. The van der Waals surface area contributed by atoms with Gasteiger partial charge in [-0.25, -0.2) is 4.39 Å². The lowest BCUT2D eigenvalue weighted by Crippen LogP contribution is -2.41. The molecule has 0 aliphatic carbocycles. The van der Waals surface area contributed by atoms with Crippen molar-refractivity contribution in [1.82, 2.24) is 10.2 Å². The lowest BCUT2D eigenvalue weighted by Gasteiger charge is -2.24. The summed E-state index contributed by atoms with van der Waals surface area (Å²) in [7, 11) is 0. The van der Waals surface area contributed by atoms with Crippen LogP contribution in [0.3, 0.4) is 0 Å². The van der Waals surface area contributed by atoms with Gasteiger partial charge in [0.2, 0.25) is 0 Å². The highest BCUT2D eigenvalue weighted by Crippen LogP contribution is 2.28. The van der Waals surface area contributed by atoms with Crippen LogP contribution in [0.4, 0.5) is 4.39 Å². The number of benzene rings is 1. The number of hydrogen-bond acceptors (Lipinski definition) is 2. The molecule has 2 aliphatic heterocycles. The summed E-state index contributed by atoms with van der Waals surface area (Å²) < 4.78 is 13.9. The van der Waals surface area contributed by atoms with Gasteiger partial charge in [0.05, 0.1) is 5.56 Å². The van der Waals surface area contributed by atoms with E-state index in [9.17, 15) is 9.18 Å². The molecule has 2 aliphatic rings. The monoisotopic (exact) mass is 326 g/mol. The molecule has 1 N–H and O–H groups in total. The Labute approximate surface area is 120 Å². The molecule has 0 aromatic heterocycles. The van der Waals surface area contributed by atoms with E-state index in [0.717, 1.165) is 19.6 Å². The Morgan fingerprint density at radius 3 is 3.05 bits per heavy atom. The molecule has 2 heterocycles. The molecule has 3 rings (SSSR count). The van der Waals surface area contributed by atoms with Crippen LogP contribution in [0.2, 0.25) is 0 Å². The number of likely N-dealkylation sites (tertiary alicyclic amines) is 1. The van der Waals surface area contributed by atoms with Gasteiger partial charge in [0, 0.05) is 23.6 Å². The van der Waals surface area contributed by atoms with E-state index in [4.69, 9.17) is 0 Å². The number of piperidine rings is 1. The standard InChI is InChI=1S/C14H16BrFN2O/c15-12-4-3-10(16)6-11(12)14(19)18-7-9-2-1-5-17-13(9)8-18/h3-4,6,9,13,17H,1-2,5,7-8H2/t9-,13+/m0/s1. The highest BCUT2D eigenvalue weighted by Gasteiger charge is 2.37. The summed E-state index contributed by atoms with van der Waals surface area (Å²) in [5, 5.41) is 3.46. The van der Waals surface area contributed by atoms with Crippen LogP contribution in [-0.4, -0.2) is 36.5 Å². The number of fused-ring (bicyclic) bond motifs is 1. The molecule has 0 spiro atoms. The smallest absolute Gasteiger partial charge is 0.255 e. The van der Waals surface area contributed by atoms with Crippen molar-refractivity contribution in [3.63, 3.8) is 0 Å². The minimum absolute atomic E-state index is 0.0809. The highest BCUT2D eigenvalue weighted by atomic mass is 79.9. The summed E-state index contributed by atoms with van der Waals surface area (Å²) in [6.45, 7) is 2.54. The molecule has 1 aromatic rings. The fourth-order valence-electron chi connectivity index (χ4n) is 3.04. The second-order valence-electron chi connectivity index (χ2n) is 5.30. The van der Waals surface area contributed by atoms with Crippen LogP contribution in [-0.2, 0) is 0 Å². The maximum absolute atomic E-state index is 13.3. The Hall–Kier alpha value is -0.940. The van der Waals surface area contributed by atoms with E-state index in [-0.39, 0.29) is 11.7 Å². The molecule has 5 heteroatoms. The molecule has 102 valence electrons. The number of nitrogens with one attached hydrogen (secondary N) is 1. The maximum atomic E-state index is 13.3. The molecule has 0 radical (unpaired) electrons. The number of hydrogen-bond donors (Lipinski definition) is 1. The van der Waals surface area contributed by atoms with Crippen molar-refractivity contribution < 1.29 is 9.18 Å². The number of amides is 1. The first-order chi connectivity index (χ1) is 9.15. The van der Waals surface area contributed by atoms with Gasteiger partial charge in [0.15, 0.2) is 0 Å². The molecule has 19 heavy (non-hydrogen) atoms. The quantitative estimate of drug-likeness (QED) is 0.859. The third-order valence-electron chi connectivity index (χ3n) is 4.05. The average molecular weight is 327 g/mol. The number of nitrogens with zero attached hydrogens (tertiary/aromatic N) is 1. The molecule has 2 saturated heterocycles. The van der Waals surface area contributed by atoms with Gasteiger partial charge in [0.1, 0.15) is 5.82 Å². The molecule has 1 aromatic carbocycles. The average Bonchev–Trinajstić information content (AvgIpc) is 2.84.